The summed E-state index contributed by atoms with van der Waals surface area (Å²) in [5.74, 6) is -0.179. The second kappa shape index (κ2) is 9.67. The molecule has 0 saturated heterocycles. The number of urea groups is 1. The maximum absolute atomic E-state index is 13.1. The van der Waals surface area contributed by atoms with Crippen molar-refractivity contribution in [2.75, 3.05) is 17.7 Å². The minimum absolute atomic E-state index is 0.0556. The van der Waals surface area contributed by atoms with E-state index in [1.54, 1.807) is 47.4 Å². The van der Waals surface area contributed by atoms with Gasteiger partial charge in [-0.05, 0) is 42.5 Å². The van der Waals surface area contributed by atoms with Gasteiger partial charge in [-0.2, -0.15) is 13.2 Å². The molecule has 0 fully saturated rings. The Morgan fingerprint density at radius 1 is 0.971 bits per heavy atom. The number of hydrogen-bond acceptors (Lipinski definition) is 5. The van der Waals surface area contributed by atoms with E-state index in [-0.39, 0.29) is 28.5 Å². The van der Waals surface area contributed by atoms with Crippen LogP contribution in [0.5, 0.6) is 5.75 Å². The van der Waals surface area contributed by atoms with E-state index in [1.807, 2.05) is 0 Å². The number of nitrogens with zero attached hydrogens (tertiary/aromatic N) is 3. The molecule has 35 heavy (non-hydrogen) atoms. The van der Waals surface area contributed by atoms with Crippen molar-refractivity contribution in [2.24, 2.45) is 0 Å². The first-order valence-electron chi connectivity index (χ1n) is 10.2. The summed E-state index contributed by atoms with van der Waals surface area (Å²) in [4.78, 5) is 33.7. The molecule has 4 aromatic rings. The number of alkyl halides is 3. The second-order valence-corrected chi connectivity index (χ2v) is 7.23. The summed E-state index contributed by atoms with van der Waals surface area (Å²) in [7, 11) is 1.27. The molecule has 0 spiro atoms. The van der Waals surface area contributed by atoms with Gasteiger partial charge < -0.3 is 15.4 Å². The van der Waals surface area contributed by atoms with Gasteiger partial charge in [-0.3, -0.25) is 14.3 Å². The molecule has 178 valence electrons. The van der Waals surface area contributed by atoms with Crippen LogP contribution in [-0.2, 0) is 6.18 Å². The molecule has 0 aliphatic rings. The molecular formula is C24H18F3N5O3. The predicted molar refractivity (Wildman–Crippen MR) is 122 cm³/mol. The van der Waals surface area contributed by atoms with Crippen molar-refractivity contribution in [1.29, 1.82) is 0 Å². The van der Waals surface area contributed by atoms with Gasteiger partial charge in [-0.25, -0.2) is 9.78 Å². The van der Waals surface area contributed by atoms with Crippen LogP contribution >= 0.6 is 0 Å². The van der Waals surface area contributed by atoms with Crippen molar-refractivity contribution < 1.29 is 27.5 Å². The van der Waals surface area contributed by atoms with Crippen LogP contribution in [0, 0.1) is 0 Å². The van der Waals surface area contributed by atoms with Crippen molar-refractivity contribution in [3.05, 3.63) is 96.3 Å². The molecule has 8 nitrogen and oxygen atoms in total. The molecule has 0 saturated carbocycles. The van der Waals surface area contributed by atoms with Gasteiger partial charge in [0.25, 0.3) is 0 Å². The SMILES string of the molecule is COc1ccc(C(F)(F)F)cc1NC(=O)Nc1cccc(C(=O)c2nccn2-c2ccncc2)c1. The number of imidazole rings is 1. The number of nitrogens with one attached hydrogen (secondary N) is 2. The van der Waals surface area contributed by atoms with Crippen LogP contribution in [0.1, 0.15) is 21.7 Å². The Bertz CT molecular complexity index is 1370. The molecule has 0 unspecified atom stereocenters. The Hall–Kier alpha value is -4.67. The second-order valence-electron chi connectivity index (χ2n) is 7.23. The van der Waals surface area contributed by atoms with Gasteiger partial charge in [0.15, 0.2) is 5.82 Å². The number of halogens is 3. The number of anilines is 2. The molecular weight excluding hydrogens is 463 g/mol. The largest absolute Gasteiger partial charge is 0.495 e. The van der Waals surface area contributed by atoms with E-state index in [9.17, 15) is 22.8 Å². The standard InChI is InChI=1S/C24H18F3N5O3/c1-35-20-6-5-16(24(25,26)27)14-19(20)31-23(34)30-17-4-2-3-15(13-17)21(33)22-29-11-12-32(22)18-7-9-28-10-8-18/h2-14H,1H3,(H2,30,31,34). The molecule has 2 heterocycles. The average Bonchev–Trinajstić information content (AvgIpc) is 3.33. The lowest BCUT2D eigenvalue weighted by Gasteiger charge is -2.14. The molecule has 2 N–H and O–H groups in total. The highest BCUT2D eigenvalue weighted by Gasteiger charge is 2.31. The lowest BCUT2D eigenvalue weighted by atomic mass is 10.1. The van der Waals surface area contributed by atoms with Crippen LogP contribution in [0.15, 0.2) is 79.4 Å². The van der Waals surface area contributed by atoms with Crippen molar-refractivity contribution in [3.63, 3.8) is 0 Å². The smallest absolute Gasteiger partial charge is 0.416 e. The maximum Gasteiger partial charge on any atom is 0.416 e. The predicted octanol–water partition coefficient (Wildman–Crippen LogP) is 5.17. The summed E-state index contributed by atoms with van der Waals surface area (Å²) in [6.07, 6.45) is 1.72. The highest BCUT2D eigenvalue weighted by Crippen LogP contribution is 2.35. The Balaban J connectivity index is 1.53. The number of pyridine rings is 1. The van der Waals surface area contributed by atoms with E-state index in [4.69, 9.17) is 4.74 Å². The minimum atomic E-state index is -4.59. The van der Waals surface area contributed by atoms with Crippen molar-refractivity contribution in [3.8, 4) is 11.4 Å². The molecule has 2 amide bonds. The molecule has 0 atom stereocenters. The fourth-order valence-electron chi connectivity index (χ4n) is 3.32. The summed E-state index contributed by atoms with van der Waals surface area (Å²) >= 11 is 0. The number of ether oxygens (including phenoxy) is 1. The number of rotatable bonds is 6. The van der Waals surface area contributed by atoms with Crippen LogP contribution in [-0.4, -0.2) is 33.5 Å². The third-order valence-electron chi connectivity index (χ3n) is 4.94. The third kappa shape index (κ3) is 5.29. The summed E-state index contributed by atoms with van der Waals surface area (Å²) < 4.78 is 45.8. The fraction of sp³-hybridized carbons (Fsp3) is 0.0833. The fourth-order valence-corrected chi connectivity index (χ4v) is 3.32. The van der Waals surface area contributed by atoms with Gasteiger partial charge in [-0.1, -0.05) is 12.1 Å². The number of ketones is 1. The Kier molecular flexibility index (Phi) is 6.49. The normalized spacial score (nSPS) is 11.1. The van der Waals surface area contributed by atoms with E-state index in [2.05, 4.69) is 20.6 Å². The number of amides is 2. The lowest BCUT2D eigenvalue weighted by molar-refractivity contribution is -0.137. The Morgan fingerprint density at radius 3 is 2.46 bits per heavy atom. The zero-order chi connectivity index (χ0) is 25.0. The van der Waals surface area contributed by atoms with Crippen LogP contribution in [0.2, 0.25) is 0 Å². The third-order valence-corrected chi connectivity index (χ3v) is 4.94. The lowest BCUT2D eigenvalue weighted by Crippen LogP contribution is -2.20. The van der Waals surface area contributed by atoms with Gasteiger partial charge in [0.1, 0.15) is 5.75 Å². The number of benzene rings is 2. The highest BCUT2D eigenvalue weighted by molar-refractivity contribution is 6.08. The average molecular weight is 481 g/mol. The zero-order valence-electron chi connectivity index (χ0n) is 18.2. The van der Waals surface area contributed by atoms with E-state index < -0.39 is 23.6 Å². The first-order valence-corrected chi connectivity index (χ1v) is 10.2. The number of aromatic nitrogens is 3. The van der Waals surface area contributed by atoms with Gasteiger partial charge in [0.2, 0.25) is 5.78 Å². The summed E-state index contributed by atoms with van der Waals surface area (Å²) in [6.45, 7) is 0. The molecule has 0 aliphatic heterocycles. The topological polar surface area (TPSA) is 98.1 Å². The number of hydrogen-bond donors (Lipinski definition) is 2. The van der Waals surface area contributed by atoms with E-state index in [0.717, 1.165) is 18.2 Å². The number of carbonyl (C=O) groups is 2. The molecule has 11 heteroatoms. The van der Waals surface area contributed by atoms with Crippen LogP contribution in [0.25, 0.3) is 5.69 Å². The highest BCUT2D eigenvalue weighted by atomic mass is 19.4. The zero-order valence-corrected chi connectivity index (χ0v) is 18.2. The van der Waals surface area contributed by atoms with Crippen LogP contribution in [0.4, 0.5) is 29.3 Å². The molecule has 0 aliphatic carbocycles. The van der Waals surface area contributed by atoms with Crippen molar-refractivity contribution in [2.45, 2.75) is 6.18 Å². The minimum Gasteiger partial charge on any atom is -0.495 e. The molecule has 2 aromatic carbocycles. The molecule has 0 radical (unpaired) electrons. The maximum atomic E-state index is 13.1. The van der Waals surface area contributed by atoms with E-state index >= 15 is 0 Å². The molecule has 4 rings (SSSR count). The van der Waals surface area contributed by atoms with Gasteiger partial charge in [0, 0.05) is 36.0 Å². The first kappa shape index (κ1) is 23.5. The van der Waals surface area contributed by atoms with Crippen LogP contribution < -0.4 is 15.4 Å². The van der Waals surface area contributed by atoms with Crippen molar-refractivity contribution in [1.82, 2.24) is 14.5 Å². The van der Waals surface area contributed by atoms with Gasteiger partial charge >= 0.3 is 12.2 Å². The number of methoxy groups -OCH3 is 1. The summed E-state index contributed by atoms with van der Waals surface area (Å²) in [6, 6.07) is 11.5. The summed E-state index contributed by atoms with van der Waals surface area (Å²) in [5, 5.41) is 4.86. The summed E-state index contributed by atoms with van der Waals surface area (Å²) in [5.41, 5.74) is 0.101. The molecule has 2 aromatic heterocycles. The number of carbonyl (C=O) groups excluding carboxylic acids is 2. The van der Waals surface area contributed by atoms with E-state index in [1.165, 1.54) is 25.4 Å². The quantitative estimate of drug-likeness (QED) is 0.370. The Morgan fingerprint density at radius 2 is 1.74 bits per heavy atom. The first-order chi connectivity index (χ1) is 16.8. The van der Waals surface area contributed by atoms with Gasteiger partial charge in [0.05, 0.1) is 24.0 Å². The van der Waals surface area contributed by atoms with Gasteiger partial charge in [-0.15, -0.1) is 0 Å². The monoisotopic (exact) mass is 481 g/mol. The van der Waals surface area contributed by atoms with E-state index in [0.29, 0.717) is 5.69 Å². The Labute approximate surface area is 197 Å². The molecule has 0 bridgehead atoms. The van der Waals surface area contributed by atoms with Crippen LogP contribution in [0.3, 0.4) is 0 Å². The van der Waals surface area contributed by atoms with Crippen molar-refractivity contribution >= 4 is 23.2 Å².